The molecule has 0 spiro atoms. The van der Waals surface area contributed by atoms with Crippen LogP contribution in [0.4, 0.5) is 0 Å². The first-order chi connectivity index (χ1) is 5.36. The van der Waals surface area contributed by atoms with Crippen LogP contribution in [-0.4, -0.2) is 12.7 Å². The lowest BCUT2D eigenvalue weighted by Gasteiger charge is -2.26. The fourth-order valence-electron chi connectivity index (χ4n) is 1.34. The van der Waals surface area contributed by atoms with Crippen molar-refractivity contribution in [1.82, 2.24) is 0 Å². The molecule has 0 aromatic rings. The van der Waals surface area contributed by atoms with Crippen LogP contribution in [0, 0.1) is 0 Å². The Morgan fingerprint density at radius 3 is 3.36 bits per heavy atom. The topological polar surface area (TPSA) is 18.5 Å². The first-order valence-electron chi connectivity index (χ1n) is 4.05. The molecule has 0 amide bonds. The maximum atomic E-state index is 5.56. The summed E-state index contributed by atoms with van der Waals surface area (Å²) in [6.07, 6.45) is 6.42. The monoisotopic (exact) mass is 152 g/mol. The first-order valence-corrected chi connectivity index (χ1v) is 4.05. The second kappa shape index (κ2) is 2.61. The minimum Gasteiger partial charge on any atom is -0.490 e. The zero-order chi connectivity index (χ0) is 7.68. The Hall–Kier alpha value is -0.920. The molecule has 0 saturated heterocycles. The maximum Gasteiger partial charge on any atom is 0.157 e. The van der Waals surface area contributed by atoms with Crippen LogP contribution >= 0.6 is 0 Å². The Morgan fingerprint density at radius 2 is 2.45 bits per heavy atom. The average molecular weight is 152 g/mol. The van der Waals surface area contributed by atoms with E-state index in [2.05, 4.69) is 6.08 Å². The van der Waals surface area contributed by atoms with Crippen LogP contribution < -0.4 is 0 Å². The third kappa shape index (κ3) is 1.25. The molecular formula is C9H12O2. The van der Waals surface area contributed by atoms with Crippen LogP contribution in [0.25, 0.3) is 0 Å². The van der Waals surface area contributed by atoms with Crippen molar-refractivity contribution >= 4 is 0 Å². The van der Waals surface area contributed by atoms with Gasteiger partial charge in [-0.05, 0) is 19.4 Å². The highest BCUT2D eigenvalue weighted by Crippen LogP contribution is 2.25. The van der Waals surface area contributed by atoms with Gasteiger partial charge in [0.15, 0.2) is 5.76 Å². The SMILES string of the molecule is CC1COC2=C(C=CCC2)O1. The zero-order valence-electron chi connectivity index (χ0n) is 6.67. The van der Waals surface area contributed by atoms with Crippen molar-refractivity contribution in [2.75, 3.05) is 6.61 Å². The Balaban J connectivity index is 2.19. The number of hydrogen-bond acceptors (Lipinski definition) is 2. The van der Waals surface area contributed by atoms with Gasteiger partial charge in [0.1, 0.15) is 18.5 Å². The van der Waals surface area contributed by atoms with E-state index in [1.807, 2.05) is 13.0 Å². The number of allylic oxidation sites excluding steroid dienone is 3. The van der Waals surface area contributed by atoms with E-state index in [0.717, 1.165) is 24.4 Å². The van der Waals surface area contributed by atoms with Gasteiger partial charge < -0.3 is 9.47 Å². The molecule has 11 heavy (non-hydrogen) atoms. The van der Waals surface area contributed by atoms with E-state index in [-0.39, 0.29) is 6.10 Å². The maximum absolute atomic E-state index is 5.56. The highest BCUT2D eigenvalue weighted by molar-refractivity contribution is 5.22. The summed E-state index contributed by atoms with van der Waals surface area (Å²) in [6, 6.07) is 0. The molecule has 0 radical (unpaired) electrons. The van der Waals surface area contributed by atoms with Crippen LogP contribution in [0.5, 0.6) is 0 Å². The largest absolute Gasteiger partial charge is 0.490 e. The van der Waals surface area contributed by atoms with E-state index in [0.29, 0.717) is 6.61 Å². The molecule has 2 rings (SSSR count). The standard InChI is InChI=1S/C9H12O2/c1-7-6-10-8-4-2-3-5-9(8)11-7/h3,5,7H,2,4,6H2,1H3. The minimum atomic E-state index is 0.205. The van der Waals surface area contributed by atoms with Gasteiger partial charge in [-0.2, -0.15) is 0 Å². The van der Waals surface area contributed by atoms with Crippen LogP contribution in [0.3, 0.4) is 0 Å². The van der Waals surface area contributed by atoms with Crippen molar-refractivity contribution in [2.24, 2.45) is 0 Å². The average Bonchev–Trinajstić information content (AvgIpc) is 2.04. The number of rotatable bonds is 0. The van der Waals surface area contributed by atoms with Gasteiger partial charge in [-0.1, -0.05) is 6.08 Å². The third-order valence-corrected chi connectivity index (χ3v) is 1.90. The number of hydrogen-bond donors (Lipinski definition) is 0. The van der Waals surface area contributed by atoms with Gasteiger partial charge in [-0.25, -0.2) is 0 Å². The summed E-state index contributed by atoms with van der Waals surface area (Å²) in [5.41, 5.74) is 0. The lowest BCUT2D eigenvalue weighted by atomic mass is 10.1. The van der Waals surface area contributed by atoms with Crippen molar-refractivity contribution < 1.29 is 9.47 Å². The lowest BCUT2D eigenvalue weighted by molar-refractivity contribution is 0.00832. The Morgan fingerprint density at radius 1 is 1.55 bits per heavy atom. The van der Waals surface area contributed by atoms with Crippen molar-refractivity contribution in [3.05, 3.63) is 23.7 Å². The van der Waals surface area contributed by atoms with E-state index in [1.54, 1.807) is 0 Å². The number of ether oxygens (including phenoxy) is 2. The summed E-state index contributed by atoms with van der Waals surface area (Å²) >= 11 is 0. The summed E-state index contributed by atoms with van der Waals surface area (Å²) < 4.78 is 11.1. The molecule has 0 aromatic heterocycles. The third-order valence-electron chi connectivity index (χ3n) is 1.90. The van der Waals surface area contributed by atoms with Gasteiger partial charge in [0.2, 0.25) is 0 Å². The molecule has 0 fully saturated rings. The van der Waals surface area contributed by atoms with E-state index < -0.39 is 0 Å². The molecule has 0 aromatic carbocycles. The van der Waals surface area contributed by atoms with Crippen molar-refractivity contribution in [1.29, 1.82) is 0 Å². The summed E-state index contributed by atoms with van der Waals surface area (Å²) in [4.78, 5) is 0. The molecule has 1 aliphatic heterocycles. The summed E-state index contributed by atoms with van der Waals surface area (Å²) in [5.74, 6) is 1.97. The van der Waals surface area contributed by atoms with E-state index in [9.17, 15) is 0 Å². The molecule has 60 valence electrons. The van der Waals surface area contributed by atoms with Crippen LogP contribution in [0.2, 0.25) is 0 Å². The Kier molecular flexibility index (Phi) is 1.60. The van der Waals surface area contributed by atoms with Gasteiger partial charge in [-0.15, -0.1) is 0 Å². The first kappa shape index (κ1) is 6.77. The fraction of sp³-hybridized carbons (Fsp3) is 0.556. The normalized spacial score (nSPS) is 29.0. The molecule has 0 N–H and O–H groups in total. The van der Waals surface area contributed by atoms with Crippen molar-refractivity contribution in [3.8, 4) is 0 Å². The summed E-state index contributed by atoms with van der Waals surface area (Å²) in [7, 11) is 0. The van der Waals surface area contributed by atoms with Crippen LogP contribution in [-0.2, 0) is 9.47 Å². The van der Waals surface area contributed by atoms with E-state index in [1.165, 1.54) is 0 Å². The van der Waals surface area contributed by atoms with Gasteiger partial charge in [-0.3, -0.25) is 0 Å². The Bertz CT molecular complexity index is 216. The van der Waals surface area contributed by atoms with E-state index in [4.69, 9.17) is 9.47 Å². The zero-order valence-corrected chi connectivity index (χ0v) is 6.67. The smallest absolute Gasteiger partial charge is 0.157 e. The lowest BCUT2D eigenvalue weighted by Crippen LogP contribution is -2.22. The summed E-state index contributed by atoms with van der Waals surface area (Å²) in [5, 5.41) is 0. The molecule has 1 atom stereocenters. The predicted molar refractivity (Wildman–Crippen MR) is 41.9 cm³/mol. The highest BCUT2D eigenvalue weighted by atomic mass is 16.6. The second-order valence-electron chi connectivity index (χ2n) is 2.97. The fourth-order valence-corrected chi connectivity index (χ4v) is 1.34. The molecule has 2 nitrogen and oxygen atoms in total. The Labute approximate surface area is 66.5 Å². The highest BCUT2D eigenvalue weighted by Gasteiger charge is 2.19. The van der Waals surface area contributed by atoms with Crippen LogP contribution in [0.1, 0.15) is 19.8 Å². The molecule has 0 bridgehead atoms. The van der Waals surface area contributed by atoms with Gasteiger partial charge in [0.05, 0.1) is 0 Å². The predicted octanol–water partition coefficient (Wildman–Crippen LogP) is 1.98. The minimum absolute atomic E-state index is 0.205. The molecule has 1 aliphatic carbocycles. The quantitative estimate of drug-likeness (QED) is 0.528. The molecule has 0 saturated carbocycles. The van der Waals surface area contributed by atoms with Crippen LogP contribution in [0.15, 0.2) is 23.7 Å². The van der Waals surface area contributed by atoms with Gasteiger partial charge >= 0.3 is 0 Å². The molecule has 1 unspecified atom stereocenters. The van der Waals surface area contributed by atoms with Crippen molar-refractivity contribution in [3.63, 3.8) is 0 Å². The summed E-state index contributed by atoms with van der Waals surface area (Å²) in [6.45, 7) is 2.72. The molecule has 2 heteroatoms. The second-order valence-corrected chi connectivity index (χ2v) is 2.97. The van der Waals surface area contributed by atoms with Gasteiger partial charge in [0.25, 0.3) is 0 Å². The van der Waals surface area contributed by atoms with Gasteiger partial charge in [0, 0.05) is 6.42 Å². The van der Waals surface area contributed by atoms with Crippen molar-refractivity contribution in [2.45, 2.75) is 25.9 Å². The molecule has 2 aliphatic rings. The van der Waals surface area contributed by atoms with E-state index >= 15 is 0 Å². The molecule has 1 heterocycles. The molecular weight excluding hydrogens is 140 g/mol.